The van der Waals surface area contributed by atoms with Crippen molar-refractivity contribution >= 4 is 39.5 Å². The minimum atomic E-state index is -0.495. The van der Waals surface area contributed by atoms with Gasteiger partial charge in [0.25, 0.3) is 11.5 Å². The zero-order chi connectivity index (χ0) is 14.1. The minimum absolute atomic E-state index is 0.00384. The van der Waals surface area contributed by atoms with E-state index in [0.29, 0.717) is 15.7 Å². The zero-order valence-corrected chi connectivity index (χ0v) is 11.6. The number of nitrogens with zero attached hydrogens (tertiary/aromatic N) is 2. The van der Waals surface area contributed by atoms with Gasteiger partial charge in [0.05, 0.1) is 0 Å². The molecule has 2 aromatic heterocycles. The van der Waals surface area contributed by atoms with Crippen LogP contribution in [0.5, 0.6) is 0 Å². The molecule has 5 nitrogen and oxygen atoms in total. The Morgan fingerprint density at radius 1 is 1.30 bits per heavy atom. The van der Waals surface area contributed by atoms with E-state index in [1.54, 1.807) is 35.8 Å². The van der Waals surface area contributed by atoms with Crippen molar-refractivity contribution in [1.82, 2.24) is 9.38 Å². The van der Waals surface area contributed by atoms with E-state index >= 15 is 0 Å². The highest BCUT2D eigenvalue weighted by atomic mass is 35.5. The molecule has 100 valence electrons. The summed E-state index contributed by atoms with van der Waals surface area (Å²) in [6, 6.07) is 6.64. The van der Waals surface area contributed by atoms with E-state index in [1.165, 1.54) is 21.9 Å². The van der Waals surface area contributed by atoms with E-state index < -0.39 is 5.91 Å². The Morgan fingerprint density at radius 2 is 2.05 bits per heavy atom. The standard InChI is InChI=1S/C13H8ClN3O2S/c14-8-1-3-9(4-2-8)16-11(18)10-7-15-13-17(12(10)19)5-6-20-13/h1-7H,(H,16,18). The topological polar surface area (TPSA) is 63.5 Å². The fraction of sp³-hybridized carbons (Fsp3) is 0. The minimum Gasteiger partial charge on any atom is -0.322 e. The largest absolute Gasteiger partial charge is 0.322 e. The number of fused-ring (bicyclic) bond motifs is 1. The number of anilines is 1. The summed E-state index contributed by atoms with van der Waals surface area (Å²) in [5.41, 5.74) is 0.174. The molecule has 0 unspecified atom stereocenters. The Bertz CT molecular complexity index is 839. The van der Waals surface area contributed by atoms with Gasteiger partial charge in [0.15, 0.2) is 4.96 Å². The van der Waals surface area contributed by atoms with Crippen LogP contribution >= 0.6 is 22.9 Å². The summed E-state index contributed by atoms with van der Waals surface area (Å²) in [6.45, 7) is 0. The van der Waals surface area contributed by atoms with Crippen LogP contribution in [-0.2, 0) is 0 Å². The molecule has 0 aliphatic carbocycles. The van der Waals surface area contributed by atoms with E-state index in [-0.39, 0.29) is 11.1 Å². The lowest BCUT2D eigenvalue weighted by Crippen LogP contribution is -2.25. The summed E-state index contributed by atoms with van der Waals surface area (Å²) in [5.74, 6) is -0.495. The van der Waals surface area contributed by atoms with Crippen LogP contribution in [0.15, 0.2) is 46.8 Å². The third-order valence-electron chi connectivity index (χ3n) is 2.69. The summed E-state index contributed by atoms with van der Waals surface area (Å²) in [7, 11) is 0. The van der Waals surface area contributed by atoms with Crippen LogP contribution in [0.1, 0.15) is 10.4 Å². The van der Waals surface area contributed by atoms with Crippen LogP contribution in [-0.4, -0.2) is 15.3 Å². The van der Waals surface area contributed by atoms with E-state index in [0.717, 1.165) is 0 Å². The molecular weight excluding hydrogens is 298 g/mol. The quantitative estimate of drug-likeness (QED) is 0.791. The van der Waals surface area contributed by atoms with Crippen molar-refractivity contribution in [2.45, 2.75) is 0 Å². The molecule has 0 fully saturated rings. The number of rotatable bonds is 2. The van der Waals surface area contributed by atoms with Crippen LogP contribution in [0.4, 0.5) is 5.69 Å². The first-order valence-electron chi connectivity index (χ1n) is 5.67. The first-order valence-corrected chi connectivity index (χ1v) is 6.93. The average molecular weight is 306 g/mol. The number of benzene rings is 1. The van der Waals surface area contributed by atoms with E-state index in [9.17, 15) is 9.59 Å². The summed E-state index contributed by atoms with van der Waals surface area (Å²) < 4.78 is 1.35. The lowest BCUT2D eigenvalue weighted by Gasteiger charge is -2.04. The van der Waals surface area contributed by atoms with Gasteiger partial charge in [-0.25, -0.2) is 4.98 Å². The van der Waals surface area contributed by atoms with Crippen molar-refractivity contribution in [1.29, 1.82) is 0 Å². The van der Waals surface area contributed by atoms with Crippen LogP contribution in [0.25, 0.3) is 4.96 Å². The molecule has 1 amide bonds. The molecule has 0 saturated heterocycles. The Kier molecular flexibility index (Phi) is 3.25. The molecule has 0 saturated carbocycles. The predicted octanol–water partition coefficient (Wildman–Crippen LogP) is 2.66. The number of halogens is 1. The van der Waals surface area contributed by atoms with Gasteiger partial charge in [-0.3, -0.25) is 14.0 Å². The number of nitrogens with one attached hydrogen (secondary N) is 1. The van der Waals surface area contributed by atoms with E-state index in [2.05, 4.69) is 10.3 Å². The molecule has 3 aromatic rings. The maximum Gasteiger partial charge on any atom is 0.271 e. The van der Waals surface area contributed by atoms with Gasteiger partial charge < -0.3 is 5.32 Å². The molecule has 1 aromatic carbocycles. The van der Waals surface area contributed by atoms with Gasteiger partial charge >= 0.3 is 0 Å². The highest BCUT2D eigenvalue weighted by Crippen LogP contribution is 2.14. The molecule has 7 heteroatoms. The third kappa shape index (κ3) is 2.31. The summed E-state index contributed by atoms with van der Waals surface area (Å²) >= 11 is 7.10. The second kappa shape index (κ2) is 5.07. The van der Waals surface area contributed by atoms with Crippen molar-refractivity contribution in [3.05, 3.63) is 63.0 Å². The third-order valence-corrected chi connectivity index (χ3v) is 3.71. The molecule has 0 radical (unpaired) electrons. The van der Waals surface area contributed by atoms with Crippen LogP contribution in [0.3, 0.4) is 0 Å². The lowest BCUT2D eigenvalue weighted by molar-refractivity contribution is 0.102. The highest BCUT2D eigenvalue weighted by molar-refractivity contribution is 7.15. The fourth-order valence-electron chi connectivity index (χ4n) is 1.71. The smallest absolute Gasteiger partial charge is 0.271 e. The van der Waals surface area contributed by atoms with E-state index in [1.807, 2.05) is 0 Å². The van der Waals surface area contributed by atoms with Crippen LogP contribution < -0.4 is 10.9 Å². The van der Waals surface area contributed by atoms with Gasteiger partial charge in [0.1, 0.15) is 5.56 Å². The summed E-state index contributed by atoms with van der Waals surface area (Å²) in [4.78, 5) is 28.8. The molecule has 0 spiro atoms. The number of hydrogen-bond acceptors (Lipinski definition) is 4. The van der Waals surface area contributed by atoms with E-state index in [4.69, 9.17) is 11.6 Å². The normalized spacial score (nSPS) is 10.7. The molecule has 0 atom stereocenters. The molecule has 2 heterocycles. The zero-order valence-electron chi connectivity index (χ0n) is 10.0. The summed E-state index contributed by atoms with van der Waals surface area (Å²) in [5, 5.41) is 4.95. The number of carbonyl (C=O) groups is 1. The molecular formula is C13H8ClN3O2S. The Morgan fingerprint density at radius 3 is 2.80 bits per heavy atom. The SMILES string of the molecule is O=C(Nc1ccc(Cl)cc1)c1cnc2sccn2c1=O. The fourth-order valence-corrected chi connectivity index (χ4v) is 2.51. The molecule has 20 heavy (non-hydrogen) atoms. The summed E-state index contributed by atoms with van der Waals surface area (Å²) in [6.07, 6.45) is 2.88. The number of hydrogen-bond donors (Lipinski definition) is 1. The number of amides is 1. The average Bonchev–Trinajstić information content (AvgIpc) is 2.91. The molecule has 0 aliphatic heterocycles. The van der Waals surface area contributed by atoms with Gasteiger partial charge in [-0.2, -0.15) is 0 Å². The maximum absolute atomic E-state index is 12.1. The van der Waals surface area contributed by atoms with Crippen LogP contribution in [0, 0.1) is 0 Å². The second-order valence-corrected chi connectivity index (χ2v) is 5.30. The van der Waals surface area contributed by atoms with Crippen molar-refractivity contribution in [3.63, 3.8) is 0 Å². The monoisotopic (exact) mass is 305 g/mol. The van der Waals surface area contributed by atoms with Gasteiger partial charge in [0, 0.05) is 28.5 Å². The van der Waals surface area contributed by atoms with Crippen molar-refractivity contribution in [3.8, 4) is 0 Å². The van der Waals surface area contributed by atoms with Gasteiger partial charge in [-0.1, -0.05) is 11.6 Å². The van der Waals surface area contributed by atoms with Gasteiger partial charge in [-0.15, -0.1) is 11.3 Å². The molecule has 0 aliphatic rings. The molecule has 3 rings (SSSR count). The molecule has 0 bridgehead atoms. The number of aromatic nitrogens is 2. The first kappa shape index (κ1) is 12.8. The van der Waals surface area contributed by atoms with Crippen molar-refractivity contribution in [2.75, 3.05) is 5.32 Å². The Labute approximate surface area is 122 Å². The maximum atomic E-state index is 12.1. The number of thiazole rings is 1. The van der Waals surface area contributed by atoms with Crippen molar-refractivity contribution in [2.24, 2.45) is 0 Å². The first-order chi connectivity index (χ1) is 9.65. The Balaban J connectivity index is 1.94. The lowest BCUT2D eigenvalue weighted by atomic mass is 10.2. The predicted molar refractivity (Wildman–Crippen MR) is 78.7 cm³/mol. The number of carbonyl (C=O) groups excluding carboxylic acids is 1. The highest BCUT2D eigenvalue weighted by Gasteiger charge is 2.13. The Hall–Kier alpha value is -2.18. The van der Waals surface area contributed by atoms with Gasteiger partial charge in [-0.05, 0) is 24.3 Å². The molecule has 1 N–H and O–H groups in total. The second-order valence-electron chi connectivity index (χ2n) is 3.99. The van der Waals surface area contributed by atoms with Crippen LogP contribution in [0.2, 0.25) is 5.02 Å². The van der Waals surface area contributed by atoms with Crippen molar-refractivity contribution < 1.29 is 4.79 Å². The van der Waals surface area contributed by atoms with Gasteiger partial charge in [0.2, 0.25) is 0 Å².